The van der Waals surface area contributed by atoms with Crippen molar-refractivity contribution in [2.45, 2.75) is 24.4 Å². The van der Waals surface area contributed by atoms with Gasteiger partial charge >= 0.3 is 0 Å². The minimum atomic E-state index is -1.72. The number of ether oxygens (including phenoxy) is 4. The van der Waals surface area contributed by atoms with E-state index in [1.807, 2.05) is 0 Å². The number of Topliss-reactive ketones (excluding diaryl/α,β-unsaturated/α-hetero) is 1. The molecule has 0 fully saturated rings. The first-order chi connectivity index (χ1) is 15.3. The number of rotatable bonds is 5. The number of carbonyl (C=O) groups is 1. The van der Waals surface area contributed by atoms with Crippen molar-refractivity contribution in [1.82, 2.24) is 0 Å². The predicted molar refractivity (Wildman–Crippen MR) is 108 cm³/mol. The van der Waals surface area contributed by atoms with E-state index < -0.39 is 42.5 Å². The molecule has 0 aliphatic carbocycles. The molecule has 2 aromatic rings. The van der Waals surface area contributed by atoms with Crippen LogP contribution in [0.5, 0.6) is 23.0 Å². The first kappa shape index (κ1) is 21.8. The highest BCUT2D eigenvalue weighted by molar-refractivity contribution is 6.04. The van der Waals surface area contributed by atoms with Gasteiger partial charge in [0, 0.05) is 6.07 Å². The summed E-state index contributed by atoms with van der Waals surface area (Å²) in [5.41, 5.74) is 0.950. The number of hydrogen-bond acceptors (Lipinski definition) is 10. The van der Waals surface area contributed by atoms with Gasteiger partial charge < -0.3 is 44.5 Å². The van der Waals surface area contributed by atoms with E-state index in [1.165, 1.54) is 31.4 Å². The Morgan fingerprint density at radius 1 is 1.06 bits per heavy atom. The third-order valence-corrected chi connectivity index (χ3v) is 5.36. The van der Waals surface area contributed by atoms with Crippen molar-refractivity contribution >= 4 is 5.78 Å². The van der Waals surface area contributed by atoms with Crippen LogP contribution < -0.4 is 14.2 Å². The topological polar surface area (TPSA) is 155 Å². The molecule has 2 aromatic carbocycles. The van der Waals surface area contributed by atoms with E-state index in [-0.39, 0.29) is 41.0 Å². The highest BCUT2D eigenvalue weighted by Crippen LogP contribution is 2.41. The summed E-state index contributed by atoms with van der Waals surface area (Å²) in [5.74, 6) is -1.73. The van der Waals surface area contributed by atoms with Crippen molar-refractivity contribution in [2.24, 2.45) is 0 Å². The van der Waals surface area contributed by atoms with Crippen molar-refractivity contribution < 1.29 is 49.3 Å². The Hall–Kier alpha value is -3.47. The Morgan fingerprint density at radius 3 is 2.44 bits per heavy atom. The zero-order valence-corrected chi connectivity index (χ0v) is 17.0. The lowest BCUT2D eigenvalue weighted by atomic mass is 9.89. The quantitative estimate of drug-likeness (QED) is 0.457. The number of ketones is 1. The van der Waals surface area contributed by atoms with E-state index in [2.05, 4.69) is 0 Å². The standard InChI is InChI=1S/C22H22O10/c1-29-15-6-12-14(30-9-13(18(12)25)10-2-4-11(24)5-3-10)7-16(15)31-22-21(28)20(27)19(26)17(8-23)32-22/h2-7,13,17,21-24,26-28H,8-9H2,1H3. The van der Waals surface area contributed by atoms with Gasteiger partial charge in [0.15, 0.2) is 34.9 Å². The molecule has 2 aliphatic rings. The lowest BCUT2D eigenvalue weighted by molar-refractivity contribution is -0.192. The lowest BCUT2D eigenvalue weighted by Crippen LogP contribution is -2.45. The van der Waals surface area contributed by atoms with Gasteiger partial charge in [-0.05, 0) is 23.8 Å². The van der Waals surface area contributed by atoms with Crippen LogP contribution in [-0.2, 0) is 4.74 Å². The summed E-state index contributed by atoms with van der Waals surface area (Å²) in [4.78, 5) is 13.1. The molecule has 2 heterocycles. The molecule has 0 saturated carbocycles. The zero-order valence-electron chi connectivity index (χ0n) is 17.0. The van der Waals surface area contributed by atoms with Gasteiger partial charge in [0.2, 0.25) is 6.29 Å². The molecule has 0 amide bonds. The Labute approximate surface area is 182 Å². The first-order valence-corrected chi connectivity index (χ1v) is 9.75. The highest BCUT2D eigenvalue weighted by atomic mass is 16.7. The minimum absolute atomic E-state index is 0.0528. The van der Waals surface area contributed by atoms with Crippen LogP contribution in [0.4, 0.5) is 0 Å². The molecule has 4 unspecified atom stereocenters. The molecule has 4 rings (SSSR count). The summed E-state index contributed by atoms with van der Waals surface area (Å²) < 4.78 is 22.0. The predicted octanol–water partition coefficient (Wildman–Crippen LogP) is 1.54. The third-order valence-electron chi connectivity index (χ3n) is 5.36. The molecule has 10 heteroatoms. The Morgan fingerprint density at radius 2 is 1.78 bits per heavy atom. The summed E-state index contributed by atoms with van der Waals surface area (Å²) >= 11 is 0. The van der Waals surface area contributed by atoms with E-state index in [0.717, 1.165) is 0 Å². The average molecular weight is 446 g/mol. The van der Waals surface area contributed by atoms with Crippen LogP contribution >= 0.6 is 0 Å². The molecule has 32 heavy (non-hydrogen) atoms. The van der Waals surface area contributed by atoms with Crippen molar-refractivity contribution in [2.75, 3.05) is 20.3 Å². The maximum atomic E-state index is 13.1. The van der Waals surface area contributed by atoms with Gasteiger partial charge in [-0.15, -0.1) is 0 Å². The van der Waals surface area contributed by atoms with Gasteiger partial charge in [0.1, 0.15) is 24.2 Å². The molecule has 170 valence electrons. The summed E-state index contributed by atoms with van der Waals surface area (Å²) in [6, 6.07) is 9.12. The van der Waals surface area contributed by atoms with Crippen LogP contribution in [0.1, 0.15) is 21.8 Å². The number of carbonyl (C=O) groups excluding carboxylic acids is 1. The van der Waals surface area contributed by atoms with E-state index in [9.17, 15) is 30.3 Å². The Balaban J connectivity index is 1.62. The van der Waals surface area contributed by atoms with Crippen LogP contribution in [0.25, 0.3) is 0 Å². The monoisotopic (exact) mass is 446 g/mol. The SMILES string of the molecule is COc1cc2c(cc1OC1OC(CO)C(O)=C(O)C1O)OCC(c1ccc(O)cc1)C2=O. The van der Waals surface area contributed by atoms with Crippen LogP contribution in [0.2, 0.25) is 0 Å². The Kier molecular flexibility index (Phi) is 5.83. The normalized spacial score (nSPS) is 25.2. The summed E-state index contributed by atoms with van der Waals surface area (Å²) in [6.07, 6.45) is -4.48. The number of methoxy groups -OCH3 is 1. The van der Waals surface area contributed by atoms with Gasteiger partial charge in [0.05, 0.1) is 25.2 Å². The van der Waals surface area contributed by atoms with E-state index >= 15 is 0 Å². The molecular formula is C22H22O10. The molecule has 0 aromatic heterocycles. The van der Waals surface area contributed by atoms with Crippen molar-refractivity contribution in [3.8, 4) is 23.0 Å². The van der Waals surface area contributed by atoms with Crippen LogP contribution in [0.3, 0.4) is 0 Å². The van der Waals surface area contributed by atoms with Gasteiger partial charge in [-0.3, -0.25) is 4.79 Å². The molecule has 0 saturated heterocycles. The summed E-state index contributed by atoms with van der Waals surface area (Å²) in [5, 5.41) is 48.6. The molecule has 0 spiro atoms. The van der Waals surface area contributed by atoms with Crippen molar-refractivity contribution in [3.63, 3.8) is 0 Å². The number of phenols is 1. The summed E-state index contributed by atoms with van der Waals surface area (Å²) in [6.45, 7) is -0.588. The number of aliphatic hydroxyl groups excluding tert-OH is 4. The molecule has 0 bridgehead atoms. The number of aromatic hydroxyl groups is 1. The number of hydrogen-bond donors (Lipinski definition) is 5. The molecular weight excluding hydrogens is 424 g/mol. The molecule has 10 nitrogen and oxygen atoms in total. The van der Waals surface area contributed by atoms with Crippen molar-refractivity contribution in [1.29, 1.82) is 0 Å². The minimum Gasteiger partial charge on any atom is -0.508 e. The molecule has 2 aliphatic heterocycles. The van der Waals surface area contributed by atoms with E-state index in [1.54, 1.807) is 12.1 Å². The van der Waals surface area contributed by atoms with Crippen LogP contribution in [0, 0.1) is 0 Å². The number of aliphatic hydroxyl groups is 4. The number of phenolic OH excluding ortho intramolecular Hbond substituents is 1. The second-order valence-corrected chi connectivity index (χ2v) is 7.33. The fraction of sp³-hybridized carbons (Fsp3) is 0.318. The maximum Gasteiger partial charge on any atom is 0.234 e. The average Bonchev–Trinajstić information content (AvgIpc) is 2.80. The number of benzene rings is 2. The maximum absolute atomic E-state index is 13.1. The number of fused-ring (bicyclic) bond motifs is 1. The second kappa shape index (κ2) is 8.58. The zero-order chi connectivity index (χ0) is 23.0. The highest BCUT2D eigenvalue weighted by Gasteiger charge is 2.40. The van der Waals surface area contributed by atoms with E-state index in [4.69, 9.17) is 18.9 Å². The van der Waals surface area contributed by atoms with Gasteiger partial charge in [-0.2, -0.15) is 0 Å². The molecule has 0 radical (unpaired) electrons. The van der Waals surface area contributed by atoms with Gasteiger partial charge in [0.25, 0.3) is 0 Å². The van der Waals surface area contributed by atoms with Crippen LogP contribution in [0.15, 0.2) is 47.9 Å². The van der Waals surface area contributed by atoms with Gasteiger partial charge in [-0.1, -0.05) is 12.1 Å². The van der Waals surface area contributed by atoms with Gasteiger partial charge in [-0.25, -0.2) is 0 Å². The van der Waals surface area contributed by atoms with Crippen LogP contribution in [-0.4, -0.2) is 70.1 Å². The molecule has 5 N–H and O–H groups in total. The van der Waals surface area contributed by atoms with E-state index in [0.29, 0.717) is 5.56 Å². The largest absolute Gasteiger partial charge is 0.508 e. The smallest absolute Gasteiger partial charge is 0.234 e. The Bertz CT molecular complexity index is 1050. The second-order valence-electron chi connectivity index (χ2n) is 7.33. The summed E-state index contributed by atoms with van der Waals surface area (Å²) in [7, 11) is 1.36. The fourth-order valence-corrected chi connectivity index (χ4v) is 3.59. The fourth-order valence-electron chi connectivity index (χ4n) is 3.59. The molecule has 4 atom stereocenters. The first-order valence-electron chi connectivity index (χ1n) is 9.75. The van der Waals surface area contributed by atoms with Crippen molar-refractivity contribution in [3.05, 3.63) is 59.0 Å². The lowest BCUT2D eigenvalue weighted by Gasteiger charge is -2.33. The third kappa shape index (κ3) is 3.79.